The Hall–Kier alpha value is -0.900. The van der Waals surface area contributed by atoms with Crippen LogP contribution in [-0.2, 0) is 13.0 Å². The van der Waals surface area contributed by atoms with Crippen LogP contribution in [0.15, 0.2) is 6.33 Å². The first-order chi connectivity index (χ1) is 8.67. The van der Waals surface area contributed by atoms with Gasteiger partial charge in [0.1, 0.15) is 12.2 Å². The molecule has 18 heavy (non-hydrogen) atoms. The largest absolute Gasteiger partial charge is 0.314 e. The fourth-order valence-corrected chi connectivity index (χ4v) is 2.27. The van der Waals surface area contributed by atoms with Crippen molar-refractivity contribution in [2.75, 3.05) is 6.54 Å². The van der Waals surface area contributed by atoms with E-state index in [0.29, 0.717) is 12.0 Å². The van der Waals surface area contributed by atoms with Gasteiger partial charge in [-0.3, -0.25) is 0 Å². The second kappa shape index (κ2) is 8.25. The molecular weight excluding hydrogens is 224 g/mol. The number of nitrogens with one attached hydrogen (secondary N) is 1. The van der Waals surface area contributed by atoms with Crippen LogP contribution in [0.25, 0.3) is 0 Å². The minimum Gasteiger partial charge on any atom is -0.314 e. The Bertz CT molecular complexity index is 313. The van der Waals surface area contributed by atoms with Crippen molar-refractivity contribution in [1.29, 1.82) is 0 Å². The van der Waals surface area contributed by atoms with Crippen LogP contribution in [-0.4, -0.2) is 27.4 Å². The molecular formula is C14H28N4. The molecule has 1 aromatic rings. The first-order valence-corrected chi connectivity index (χ1v) is 7.27. The SMILES string of the molecule is CCCC(CCc1ncnn1CC(C)C)NCC. The van der Waals surface area contributed by atoms with Crippen LogP contribution in [0.5, 0.6) is 0 Å². The maximum atomic E-state index is 4.39. The molecule has 0 spiro atoms. The first kappa shape index (κ1) is 15.2. The molecule has 104 valence electrons. The van der Waals surface area contributed by atoms with Gasteiger partial charge in [0, 0.05) is 19.0 Å². The number of aromatic nitrogens is 3. The van der Waals surface area contributed by atoms with E-state index in [1.807, 2.05) is 0 Å². The molecule has 1 atom stereocenters. The topological polar surface area (TPSA) is 42.7 Å². The van der Waals surface area contributed by atoms with E-state index in [1.165, 1.54) is 12.8 Å². The van der Waals surface area contributed by atoms with Gasteiger partial charge < -0.3 is 5.32 Å². The van der Waals surface area contributed by atoms with Crippen LogP contribution < -0.4 is 5.32 Å². The average Bonchev–Trinajstić information content (AvgIpc) is 2.73. The number of nitrogens with zero attached hydrogens (tertiary/aromatic N) is 3. The van der Waals surface area contributed by atoms with E-state index in [9.17, 15) is 0 Å². The Kier molecular flexibility index (Phi) is 6.94. The standard InChI is InChI=1S/C14H28N4/c1-5-7-13(15-6-2)8-9-14-16-11-17-18(14)10-12(3)4/h11-13,15H,5-10H2,1-4H3. The van der Waals surface area contributed by atoms with Gasteiger partial charge in [-0.25, -0.2) is 9.67 Å². The molecule has 0 radical (unpaired) electrons. The van der Waals surface area contributed by atoms with Gasteiger partial charge in [0.25, 0.3) is 0 Å². The third-order valence-corrected chi connectivity index (χ3v) is 3.08. The minimum absolute atomic E-state index is 0.615. The summed E-state index contributed by atoms with van der Waals surface area (Å²) in [6.07, 6.45) is 6.32. The lowest BCUT2D eigenvalue weighted by Gasteiger charge is -2.17. The fourth-order valence-electron chi connectivity index (χ4n) is 2.27. The molecule has 0 amide bonds. The zero-order chi connectivity index (χ0) is 13.4. The van der Waals surface area contributed by atoms with Gasteiger partial charge >= 0.3 is 0 Å². The van der Waals surface area contributed by atoms with Crippen molar-refractivity contribution in [2.45, 2.75) is 66.0 Å². The lowest BCUT2D eigenvalue weighted by Crippen LogP contribution is -2.29. The Labute approximate surface area is 111 Å². The van der Waals surface area contributed by atoms with Crippen molar-refractivity contribution in [3.8, 4) is 0 Å². The molecule has 4 heteroatoms. The van der Waals surface area contributed by atoms with E-state index in [1.54, 1.807) is 6.33 Å². The van der Waals surface area contributed by atoms with Gasteiger partial charge in [0.15, 0.2) is 0 Å². The predicted molar refractivity (Wildman–Crippen MR) is 75.6 cm³/mol. The molecule has 0 fully saturated rings. The van der Waals surface area contributed by atoms with E-state index < -0.39 is 0 Å². The summed E-state index contributed by atoms with van der Waals surface area (Å²) in [6.45, 7) is 10.8. The van der Waals surface area contributed by atoms with Crippen molar-refractivity contribution >= 4 is 0 Å². The number of hydrogen-bond acceptors (Lipinski definition) is 3. The molecule has 1 heterocycles. The van der Waals surface area contributed by atoms with Gasteiger partial charge in [0.05, 0.1) is 0 Å². The third-order valence-electron chi connectivity index (χ3n) is 3.08. The molecule has 0 aliphatic carbocycles. The van der Waals surface area contributed by atoms with Gasteiger partial charge in [-0.15, -0.1) is 0 Å². The zero-order valence-electron chi connectivity index (χ0n) is 12.3. The lowest BCUT2D eigenvalue weighted by molar-refractivity contribution is 0.431. The molecule has 0 aliphatic heterocycles. The molecule has 4 nitrogen and oxygen atoms in total. The Balaban J connectivity index is 2.48. The monoisotopic (exact) mass is 252 g/mol. The van der Waals surface area contributed by atoms with E-state index in [4.69, 9.17) is 0 Å². The van der Waals surface area contributed by atoms with Crippen LogP contribution in [0.4, 0.5) is 0 Å². The average molecular weight is 252 g/mol. The summed E-state index contributed by atoms with van der Waals surface area (Å²) in [5.74, 6) is 1.74. The molecule has 0 aromatic carbocycles. The van der Waals surface area contributed by atoms with Gasteiger partial charge in [0.2, 0.25) is 0 Å². The number of aryl methyl sites for hydroxylation is 1. The van der Waals surface area contributed by atoms with E-state index >= 15 is 0 Å². The summed E-state index contributed by atoms with van der Waals surface area (Å²) < 4.78 is 2.06. The molecule has 1 N–H and O–H groups in total. The van der Waals surface area contributed by atoms with Crippen LogP contribution in [0.2, 0.25) is 0 Å². The smallest absolute Gasteiger partial charge is 0.138 e. The van der Waals surface area contributed by atoms with Crippen LogP contribution in [0.3, 0.4) is 0 Å². The van der Waals surface area contributed by atoms with Crippen molar-refractivity contribution in [2.24, 2.45) is 5.92 Å². The Morgan fingerprint density at radius 1 is 1.28 bits per heavy atom. The van der Waals surface area contributed by atoms with Gasteiger partial charge in [-0.1, -0.05) is 34.1 Å². The summed E-state index contributed by atoms with van der Waals surface area (Å²) in [7, 11) is 0. The zero-order valence-corrected chi connectivity index (χ0v) is 12.3. The third kappa shape index (κ3) is 5.17. The van der Waals surface area contributed by atoms with Crippen molar-refractivity contribution in [3.63, 3.8) is 0 Å². The van der Waals surface area contributed by atoms with Crippen molar-refractivity contribution in [3.05, 3.63) is 12.2 Å². The van der Waals surface area contributed by atoms with Crippen LogP contribution in [0.1, 0.15) is 52.8 Å². The highest BCUT2D eigenvalue weighted by Crippen LogP contribution is 2.08. The second-order valence-corrected chi connectivity index (χ2v) is 5.33. The van der Waals surface area contributed by atoms with E-state index in [-0.39, 0.29) is 0 Å². The highest BCUT2D eigenvalue weighted by molar-refractivity contribution is 4.86. The van der Waals surface area contributed by atoms with Crippen LogP contribution >= 0.6 is 0 Å². The Morgan fingerprint density at radius 3 is 2.67 bits per heavy atom. The summed E-state index contributed by atoms with van der Waals surface area (Å²) in [4.78, 5) is 4.39. The summed E-state index contributed by atoms with van der Waals surface area (Å²) in [5, 5.41) is 7.86. The highest BCUT2D eigenvalue weighted by atomic mass is 15.3. The van der Waals surface area contributed by atoms with Crippen molar-refractivity contribution in [1.82, 2.24) is 20.1 Å². The molecule has 1 unspecified atom stereocenters. The summed E-state index contributed by atoms with van der Waals surface area (Å²) in [6, 6.07) is 0.615. The second-order valence-electron chi connectivity index (χ2n) is 5.33. The van der Waals surface area contributed by atoms with E-state index in [0.717, 1.165) is 31.8 Å². The first-order valence-electron chi connectivity index (χ1n) is 7.27. The maximum absolute atomic E-state index is 4.39. The lowest BCUT2D eigenvalue weighted by atomic mass is 10.1. The molecule has 0 saturated carbocycles. The normalized spacial score (nSPS) is 13.2. The van der Waals surface area contributed by atoms with Crippen molar-refractivity contribution < 1.29 is 0 Å². The highest BCUT2D eigenvalue weighted by Gasteiger charge is 2.10. The van der Waals surface area contributed by atoms with Crippen LogP contribution in [0, 0.1) is 5.92 Å². The molecule has 0 bridgehead atoms. The maximum Gasteiger partial charge on any atom is 0.138 e. The molecule has 0 aliphatic rings. The predicted octanol–water partition coefficient (Wildman–Crippen LogP) is 2.64. The fraction of sp³-hybridized carbons (Fsp3) is 0.857. The number of rotatable bonds is 9. The number of hydrogen-bond donors (Lipinski definition) is 1. The summed E-state index contributed by atoms with van der Waals surface area (Å²) in [5.41, 5.74) is 0. The molecule has 1 rings (SSSR count). The molecule has 1 aromatic heterocycles. The Morgan fingerprint density at radius 2 is 2.06 bits per heavy atom. The summed E-state index contributed by atoms with van der Waals surface area (Å²) >= 11 is 0. The van der Waals surface area contributed by atoms with Gasteiger partial charge in [-0.05, 0) is 25.3 Å². The van der Waals surface area contributed by atoms with Gasteiger partial charge in [-0.2, -0.15) is 5.10 Å². The minimum atomic E-state index is 0.615. The molecule has 0 saturated heterocycles. The van der Waals surface area contributed by atoms with E-state index in [2.05, 4.69) is 47.8 Å². The quantitative estimate of drug-likeness (QED) is 0.734.